The SMILES string of the molecule is CC(C)(CNC(=O)OC(C)(C)C)NCc1ccc(Br)cc1[N+](=O)[O-]. The molecule has 7 nitrogen and oxygen atoms in total. The number of nitrogens with zero attached hydrogens (tertiary/aromatic N) is 1. The van der Waals surface area contributed by atoms with Crippen molar-refractivity contribution < 1.29 is 14.5 Å². The largest absolute Gasteiger partial charge is 0.444 e. The molecule has 8 heteroatoms. The van der Waals surface area contributed by atoms with Crippen molar-refractivity contribution >= 4 is 27.7 Å². The molecule has 0 aliphatic rings. The van der Waals surface area contributed by atoms with Crippen molar-refractivity contribution in [3.05, 3.63) is 38.3 Å². The average Bonchev–Trinajstić information content (AvgIpc) is 2.42. The second-order valence-corrected chi connectivity index (χ2v) is 8.04. The van der Waals surface area contributed by atoms with E-state index in [1.54, 1.807) is 32.9 Å². The molecule has 0 aromatic heterocycles. The molecule has 0 aliphatic heterocycles. The molecule has 0 heterocycles. The third kappa shape index (κ3) is 7.27. The third-order valence-electron chi connectivity index (χ3n) is 3.07. The molecule has 0 radical (unpaired) electrons. The van der Waals surface area contributed by atoms with E-state index in [1.165, 1.54) is 6.07 Å². The number of ether oxygens (including phenoxy) is 1. The van der Waals surface area contributed by atoms with E-state index in [0.717, 1.165) is 0 Å². The first-order valence-corrected chi connectivity index (χ1v) is 8.34. The minimum absolute atomic E-state index is 0.0489. The Morgan fingerprint density at radius 2 is 1.92 bits per heavy atom. The quantitative estimate of drug-likeness (QED) is 0.558. The van der Waals surface area contributed by atoms with Gasteiger partial charge in [-0.25, -0.2) is 4.79 Å². The molecule has 134 valence electrons. The van der Waals surface area contributed by atoms with Gasteiger partial charge >= 0.3 is 6.09 Å². The Morgan fingerprint density at radius 1 is 1.29 bits per heavy atom. The Hall–Kier alpha value is -1.67. The van der Waals surface area contributed by atoms with Gasteiger partial charge in [-0.1, -0.05) is 15.9 Å². The Bertz CT molecular complexity index is 612. The van der Waals surface area contributed by atoms with Gasteiger partial charge in [-0.05, 0) is 46.8 Å². The zero-order chi connectivity index (χ0) is 18.5. The van der Waals surface area contributed by atoms with Gasteiger partial charge in [0.15, 0.2) is 0 Å². The summed E-state index contributed by atoms with van der Waals surface area (Å²) in [7, 11) is 0. The van der Waals surface area contributed by atoms with E-state index in [0.29, 0.717) is 23.1 Å². The molecule has 0 spiro atoms. The molecule has 0 atom stereocenters. The zero-order valence-corrected chi connectivity index (χ0v) is 16.2. The van der Waals surface area contributed by atoms with E-state index in [2.05, 4.69) is 26.6 Å². The van der Waals surface area contributed by atoms with Gasteiger partial charge in [0.05, 0.1) is 4.92 Å². The summed E-state index contributed by atoms with van der Waals surface area (Å²) in [6.45, 7) is 9.82. The average molecular weight is 402 g/mol. The standard InChI is InChI=1S/C16H24BrN3O4/c1-15(2,3)24-14(21)18-10-16(4,5)19-9-11-6-7-12(17)8-13(11)20(22)23/h6-8,19H,9-10H2,1-5H3,(H,18,21). The molecule has 1 aromatic rings. The molecule has 0 unspecified atom stereocenters. The maximum Gasteiger partial charge on any atom is 0.407 e. The van der Waals surface area contributed by atoms with E-state index in [-0.39, 0.29) is 5.69 Å². The van der Waals surface area contributed by atoms with Crippen LogP contribution in [0.15, 0.2) is 22.7 Å². The van der Waals surface area contributed by atoms with E-state index in [9.17, 15) is 14.9 Å². The second kappa shape index (κ2) is 7.94. The van der Waals surface area contributed by atoms with Gasteiger partial charge in [-0.2, -0.15) is 0 Å². The lowest BCUT2D eigenvalue weighted by atomic mass is 10.0. The van der Waals surface area contributed by atoms with Crippen LogP contribution >= 0.6 is 15.9 Å². The Morgan fingerprint density at radius 3 is 2.46 bits per heavy atom. The van der Waals surface area contributed by atoms with Crippen LogP contribution in [-0.2, 0) is 11.3 Å². The Balaban J connectivity index is 2.63. The van der Waals surface area contributed by atoms with Gasteiger partial charge < -0.3 is 15.4 Å². The number of nitro benzene ring substituents is 1. The van der Waals surface area contributed by atoms with Crippen LogP contribution in [-0.4, -0.2) is 28.7 Å². The molecule has 2 N–H and O–H groups in total. The van der Waals surface area contributed by atoms with E-state index < -0.39 is 22.2 Å². The fraction of sp³-hybridized carbons (Fsp3) is 0.562. The summed E-state index contributed by atoms with van der Waals surface area (Å²) in [6, 6.07) is 4.94. The second-order valence-electron chi connectivity index (χ2n) is 7.12. The Labute approximate surface area is 150 Å². The number of nitro groups is 1. The number of benzene rings is 1. The lowest BCUT2D eigenvalue weighted by Crippen LogP contribution is -2.49. The maximum absolute atomic E-state index is 11.7. The monoisotopic (exact) mass is 401 g/mol. The van der Waals surface area contributed by atoms with Crippen molar-refractivity contribution in [2.24, 2.45) is 0 Å². The van der Waals surface area contributed by atoms with Gasteiger partial charge in [0.1, 0.15) is 5.60 Å². The number of nitrogens with one attached hydrogen (secondary N) is 2. The summed E-state index contributed by atoms with van der Waals surface area (Å²) < 4.78 is 5.84. The molecular weight excluding hydrogens is 378 g/mol. The first-order chi connectivity index (χ1) is 10.9. The van der Waals surface area contributed by atoms with Crippen molar-refractivity contribution in [1.82, 2.24) is 10.6 Å². The van der Waals surface area contributed by atoms with Crippen molar-refractivity contribution in [3.8, 4) is 0 Å². The highest BCUT2D eigenvalue weighted by atomic mass is 79.9. The summed E-state index contributed by atoms with van der Waals surface area (Å²) in [5.74, 6) is 0. The minimum atomic E-state index is -0.556. The highest BCUT2D eigenvalue weighted by molar-refractivity contribution is 9.10. The van der Waals surface area contributed by atoms with Crippen LogP contribution in [0.4, 0.5) is 10.5 Å². The van der Waals surface area contributed by atoms with Crippen molar-refractivity contribution in [1.29, 1.82) is 0 Å². The normalized spacial score (nSPS) is 11.9. The molecule has 1 amide bonds. The number of alkyl carbamates (subject to hydrolysis) is 1. The molecule has 24 heavy (non-hydrogen) atoms. The topological polar surface area (TPSA) is 93.5 Å². The van der Waals surface area contributed by atoms with E-state index in [4.69, 9.17) is 4.74 Å². The van der Waals surface area contributed by atoms with Crippen LogP contribution < -0.4 is 10.6 Å². The fourth-order valence-electron chi connectivity index (χ4n) is 1.86. The Kier molecular flexibility index (Phi) is 6.74. The molecule has 0 bridgehead atoms. The third-order valence-corrected chi connectivity index (χ3v) is 3.57. The summed E-state index contributed by atoms with van der Waals surface area (Å²) in [6.07, 6.45) is -0.494. The van der Waals surface area contributed by atoms with Crippen molar-refractivity contribution in [2.75, 3.05) is 6.54 Å². The number of carbonyl (C=O) groups excluding carboxylic acids is 1. The van der Waals surface area contributed by atoms with E-state index >= 15 is 0 Å². The van der Waals surface area contributed by atoms with Gasteiger partial charge in [-0.15, -0.1) is 0 Å². The fourth-order valence-corrected chi connectivity index (χ4v) is 2.21. The smallest absolute Gasteiger partial charge is 0.407 e. The van der Waals surface area contributed by atoms with E-state index in [1.807, 2.05) is 13.8 Å². The lowest BCUT2D eigenvalue weighted by Gasteiger charge is -2.28. The summed E-state index contributed by atoms with van der Waals surface area (Å²) in [5, 5.41) is 17.0. The van der Waals surface area contributed by atoms with Crippen LogP contribution in [0.25, 0.3) is 0 Å². The first kappa shape index (κ1) is 20.4. The highest BCUT2D eigenvalue weighted by Gasteiger charge is 2.23. The van der Waals surface area contributed by atoms with Gasteiger partial charge in [-0.3, -0.25) is 10.1 Å². The number of carbonyl (C=O) groups is 1. The first-order valence-electron chi connectivity index (χ1n) is 7.54. The zero-order valence-electron chi connectivity index (χ0n) is 14.6. The van der Waals surface area contributed by atoms with Gasteiger partial charge in [0.25, 0.3) is 5.69 Å². The van der Waals surface area contributed by atoms with Crippen LogP contribution in [0.2, 0.25) is 0 Å². The molecule has 1 aromatic carbocycles. The van der Waals surface area contributed by atoms with Crippen molar-refractivity contribution in [3.63, 3.8) is 0 Å². The number of rotatable bonds is 6. The molecule has 1 rings (SSSR count). The molecule has 0 saturated carbocycles. The van der Waals surface area contributed by atoms with Gasteiger partial charge in [0.2, 0.25) is 0 Å². The van der Waals surface area contributed by atoms with Crippen LogP contribution in [0, 0.1) is 10.1 Å². The molecule has 0 fully saturated rings. The summed E-state index contributed by atoms with van der Waals surface area (Å²) in [5.41, 5.74) is -0.390. The number of hydrogen-bond donors (Lipinski definition) is 2. The molecule has 0 saturated heterocycles. The summed E-state index contributed by atoms with van der Waals surface area (Å²) in [4.78, 5) is 22.4. The number of halogens is 1. The van der Waals surface area contributed by atoms with Gasteiger partial charge in [0, 0.05) is 34.7 Å². The number of amides is 1. The van der Waals surface area contributed by atoms with Crippen LogP contribution in [0.5, 0.6) is 0 Å². The minimum Gasteiger partial charge on any atom is -0.444 e. The van der Waals surface area contributed by atoms with Crippen LogP contribution in [0.1, 0.15) is 40.2 Å². The van der Waals surface area contributed by atoms with Crippen molar-refractivity contribution in [2.45, 2.75) is 52.3 Å². The number of hydrogen-bond acceptors (Lipinski definition) is 5. The maximum atomic E-state index is 11.7. The lowest BCUT2D eigenvalue weighted by molar-refractivity contribution is -0.385. The predicted octanol–water partition coefficient (Wildman–Crippen LogP) is 3.75. The predicted molar refractivity (Wildman–Crippen MR) is 96.0 cm³/mol. The highest BCUT2D eigenvalue weighted by Crippen LogP contribution is 2.23. The molecule has 0 aliphatic carbocycles. The summed E-state index contributed by atoms with van der Waals surface area (Å²) >= 11 is 3.23. The molecular formula is C16H24BrN3O4. The van der Waals surface area contributed by atoms with Crippen LogP contribution in [0.3, 0.4) is 0 Å².